The normalized spacial score (nSPS) is 13.2. The van der Waals surface area contributed by atoms with Crippen LogP contribution in [0.15, 0.2) is 32.4 Å². The number of halogens is 1. The van der Waals surface area contributed by atoms with Gasteiger partial charge in [0.15, 0.2) is 11.5 Å². The molecule has 0 radical (unpaired) electrons. The summed E-state index contributed by atoms with van der Waals surface area (Å²) >= 11 is 3.41. The lowest BCUT2D eigenvalue weighted by molar-refractivity contribution is 0.297. The van der Waals surface area contributed by atoms with Gasteiger partial charge in [0, 0.05) is 17.1 Å². The Hall–Kier alpha value is -2.53. The summed E-state index contributed by atoms with van der Waals surface area (Å²) in [6, 6.07) is 5.25. The van der Waals surface area contributed by atoms with E-state index in [0.29, 0.717) is 34.7 Å². The molecule has 0 spiro atoms. The van der Waals surface area contributed by atoms with Gasteiger partial charge in [-0.1, -0.05) is 15.9 Å². The largest absolute Gasteiger partial charge is 0.490 e. The molecule has 0 saturated heterocycles. The fourth-order valence-corrected chi connectivity index (χ4v) is 2.70. The molecule has 0 amide bonds. The molecule has 2 aromatic rings. The number of hydrogen-bond acceptors (Lipinski definition) is 5. The minimum atomic E-state index is -0.629. The maximum Gasteiger partial charge on any atom is 0.328 e. The second-order valence-electron chi connectivity index (χ2n) is 4.95. The number of nitrogens with one attached hydrogen (secondary N) is 1. The lowest BCUT2D eigenvalue weighted by Gasteiger charge is -2.12. The third-order valence-corrected chi connectivity index (χ3v) is 4.16. The fourth-order valence-electron chi connectivity index (χ4n) is 2.25. The highest BCUT2D eigenvalue weighted by Gasteiger charge is 2.16. The molecule has 118 valence electrons. The number of rotatable bonds is 2. The van der Waals surface area contributed by atoms with Crippen molar-refractivity contribution in [3.05, 3.63) is 54.8 Å². The van der Waals surface area contributed by atoms with Crippen LogP contribution in [0.25, 0.3) is 0 Å². The average Bonchev–Trinajstić information content (AvgIpc) is 2.76. The van der Waals surface area contributed by atoms with Crippen LogP contribution in [-0.4, -0.2) is 22.8 Å². The number of aromatic nitrogens is 2. The third kappa shape index (κ3) is 3.00. The van der Waals surface area contributed by atoms with Crippen LogP contribution in [0.1, 0.15) is 17.5 Å². The monoisotopic (exact) mass is 377 g/mol. The van der Waals surface area contributed by atoms with E-state index in [4.69, 9.17) is 14.7 Å². The number of hydrogen-bond donors (Lipinski definition) is 1. The van der Waals surface area contributed by atoms with E-state index in [1.807, 2.05) is 0 Å². The van der Waals surface area contributed by atoms with Crippen molar-refractivity contribution < 1.29 is 9.47 Å². The molecule has 2 heterocycles. The predicted octanol–water partition coefficient (Wildman–Crippen LogP) is 1.38. The summed E-state index contributed by atoms with van der Waals surface area (Å²) in [5.41, 5.74) is -0.643. The smallest absolute Gasteiger partial charge is 0.328 e. The summed E-state index contributed by atoms with van der Waals surface area (Å²) in [5, 5.41) is 8.91. The lowest BCUT2D eigenvalue weighted by Crippen LogP contribution is -2.36. The van der Waals surface area contributed by atoms with Gasteiger partial charge in [-0.2, -0.15) is 5.26 Å². The average molecular weight is 378 g/mol. The molecule has 7 nitrogen and oxygen atoms in total. The zero-order chi connectivity index (χ0) is 16.4. The molecule has 23 heavy (non-hydrogen) atoms. The maximum absolute atomic E-state index is 12.1. The molecule has 0 bridgehead atoms. The third-order valence-electron chi connectivity index (χ3n) is 3.43. The van der Waals surface area contributed by atoms with Gasteiger partial charge in [-0.15, -0.1) is 0 Å². The van der Waals surface area contributed by atoms with Gasteiger partial charge in [-0.3, -0.25) is 9.36 Å². The predicted molar refractivity (Wildman–Crippen MR) is 84.9 cm³/mol. The van der Waals surface area contributed by atoms with Crippen molar-refractivity contribution in [2.24, 2.45) is 0 Å². The van der Waals surface area contributed by atoms with E-state index in [1.54, 1.807) is 18.2 Å². The summed E-state index contributed by atoms with van der Waals surface area (Å²) in [6.45, 7) is 1.13. The number of aromatic amines is 1. The molecule has 0 saturated carbocycles. The summed E-state index contributed by atoms with van der Waals surface area (Å²) in [7, 11) is 0. The van der Waals surface area contributed by atoms with Crippen LogP contribution in [-0.2, 0) is 6.54 Å². The first-order valence-corrected chi connectivity index (χ1v) is 7.70. The Morgan fingerprint density at radius 2 is 1.96 bits per heavy atom. The van der Waals surface area contributed by atoms with Crippen molar-refractivity contribution >= 4 is 15.9 Å². The molecule has 1 aliphatic heterocycles. The quantitative estimate of drug-likeness (QED) is 0.852. The van der Waals surface area contributed by atoms with E-state index < -0.39 is 11.2 Å². The van der Waals surface area contributed by atoms with Crippen LogP contribution in [0.4, 0.5) is 0 Å². The van der Waals surface area contributed by atoms with Gasteiger partial charge in [0.1, 0.15) is 11.6 Å². The first kappa shape index (κ1) is 15.4. The first-order chi connectivity index (χ1) is 11.1. The minimum Gasteiger partial charge on any atom is -0.490 e. The fraction of sp³-hybridized carbons (Fsp3) is 0.267. The Morgan fingerprint density at radius 1 is 1.26 bits per heavy atom. The summed E-state index contributed by atoms with van der Waals surface area (Å²) in [4.78, 5) is 26.4. The molecule has 1 aromatic carbocycles. The number of benzene rings is 1. The van der Waals surface area contributed by atoms with Gasteiger partial charge in [0.25, 0.3) is 5.56 Å². The van der Waals surface area contributed by atoms with E-state index >= 15 is 0 Å². The van der Waals surface area contributed by atoms with Crippen LogP contribution in [0, 0.1) is 11.3 Å². The second kappa shape index (κ2) is 6.30. The molecule has 0 atom stereocenters. The molecular weight excluding hydrogens is 366 g/mol. The van der Waals surface area contributed by atoms with Crippen molar-refractivity contribution in [1.29, 1.82) is 5.26 Å². The number of nitrogens with zero attached hydrogens (tertiary/aromatic N) is 2. The molecule has 1 aromatic heterocycles. The second-order valence-corrected chi connectivity index (χ2v) is 5.81. The van der Waals surface area contributed by atoms with Crippen molar-refractivity contribution in [3.63, 3.8) is 0 Å². The summed E-state index contributed by atoms with van der Waals surface area (Å²) in [6.07, 6.45) is 1.90. The van der Waals surface area contributed by atoms with Crippen molar-refractivity contribution in [2.45, 2.75) is 13.0 Å². The molecule has 0 fully saturated rings. The number of fused-ring (bicyclic) bond motifs is 1. The van der Waals surface area contributed by atoms with Gasteiger partial charge in [0.2, 0.25) is 0 Å². The van der Waals surface area contributed by atoms with E-state index in [1.165, 1.54) is 0 Å². The van der Waals surface area contributed by atoms with Gasteiger partial charge in [-0.05, 0) is 17.7 Å². The highest BCUT2D eigenvalue weighted by Crippen LogP contribution is 2.35. The van der Waals surface area contributed by atoms with Crippen molar-refractivity contribution in [1.82, 2.24) is 9.55 Å². The topological polar surface area (TPSA) is 97.1 Å². The number of H-pyrrole nitrogens is 1. The molecule has 1 N–H and O–H groups in total. The SMILES string of the molecule is N#Cc1c[nH]c(=O)n(Cc2cc3c(cc2Br)OCCCO3)c1=O. The van der Waals surface area contributed by atoms with Gasteiger partial charge in [-0.25, -0.2) is 4.79 Å². The van der Waals surface area contributed by atoms with Crippen molar-refractivity contribution in [2.75, 3.05) is 13.2 Å². The first-order valence-electron chi connectivity index (χ1n) is 6.91. The van der Waals surface area contributed by atoms with E-state index in [9.17, 15) is 9.59 Å². The highest BCUT2D eigenvalue weighted by molar-refractivity contribution is 9.10. The molecule has 0 aliphatic carbocycles. The molecule has 1 aliphatic rings. The highest BCUT2D eigenvalue weighted by atomic mass is 79.9. The van der Waals surface area contributed by atoms with Crippen molar-refractivity contribution in [3.8, 4) is 17.6 Å². The Labute approximate surface area is 139 Å². The summed E-state index contributed by atoms with van der Waals surface area (Å²) in [5.74, 6) is 1.19. The number of nitriles is 1. The number of ether oxygens (including phenoxy) is 2. The van der Waals surface area contributed by atoms with Gasteiger partial charge < -0.3 is 14.5 Å². The summed E-state index contributed by atoms with van der Waals surface area (Å²) < 4.78 is 12.9. The molecule has 0 unspecified atom stereocenters. The van der Waals surface area contributed by atoms with Crippen LogP contribution in [0.2, 0.25) is 0 Å². The molecule has 3 rings (SSSR count). The Morgan fingerprint density at radius 3 is 2.65 bits per heavy atom. The van der Waals surface area contributed by atoms with E-state index in [2.05, 4.69) is 20.9 Å². The lowest BCUT2D eigenvalue weighted by atomic mass is 10.2. The molecule has 8 heteroatoms. The Balaban J connectivity index is 2.05. The van der Waals surface area contributed by atoms with Crippen LogP contribution < -0.4 is 20.7 Å². The zero-order valence-electron chi connectivity index (χ0n) is 12.0. The Bertz CT molecular complexity index is 910. The minimum absolute atomic E-state index is 0.0148. The van der Waals surface area contributed by atoms with E-state index in [-0.39, 0.29) is 12.1 Å². The Kier molecular flexibility index (Phi) is 4.21. The van der Waals surface area contributed by atoms with Gasteiger partial charge in [0.05, 0.1) is 19.8 Å². The zero-order valence-corrected chi connectivity index (χ0v) is 13.6. The standard InChI is InChI=1S/C15H12BrN3O4/c16-11-5-13-12(22-2-1-3-23-13)4-9(11)8-19-14(20)10(6-17)7-18-15(19)21/h4-5,7H,1-3,8H2,(H,18,21). The van der Waals surface area contributed by atoms with Crippen LogP contribution in [0.5, 0.6) is 11.5 Å². The molecular formula is C15H12BrN3O4. The van der Waals surface area contributed by atoms with Crippen LogP contribution >= 0.6 is 15.9 Å². The maximum atomic E-state index is 12.1. The van der Waals surface area contributed by atoms with E-state index in [0.717, 1.165) is 17.2 Å². The van der Waals surface area contributed by atoms with Crippen LogP contribution in [0.3, 0.4) is 0 Å². The van der Waals surface area contributed by atoms with Gasteiger partial charge >= 0.3 is 5.69 Å².